The van der Waals surface area contributed by atoms with Gasteiger partial charge in [-0.2, -0.15) is 0 Å². The molecule has 0 aromatic heterocycles. The summed E-state index contributed by atoms with van der Waals surface area (Å²) in [6.45, 7) is 2.32. The maximum absolute atomic E-state index is 3.70. The first-order chi connectivity index (χ1) is 9.66. The van der Waals surface area contributed by atoms with Gasteiger partial charge in [-0.25, -0.2) is 0 Å². The summed E-state index contributed by atoms with van der Waals surface area (Å²) in [6.07, 6.45) is 2.41. The molecule has 2 atom stereocenters. The molecule has 2 aromatic carbocycles. The number of benzene rings is 2. The van der Waals surface area contributed by atoms with Crippen molar-refractivity contribution in [3.05, 3.63) is 62.5 Å². The van der Waals surface area contributed by atoms with Crippen molar-refractivity contribution in [2.75, 3.05) is 5.32 Å². The van der Waals surface area contributed by atoms with Gasteiger partial charge in [0, 0.05) is 8.95 Å². The lowest BCUT2D eigenvalue weighted by molar-refractivity contribution is 0.534. The monoisotopic (exact) mass is 393 g/mol. The molecular formula is C17H17Br2N. The van der Waals surface area contributed by atoms with Crippen LogP contribution in [0, 0.1) is 0 Å². The number of nitrogens with one attached hydrogen (secondary N) is 1. The fraction of sp³-hybridized carbons (Fsp3) is 0.294. The van der Waals surface area contributed by atoms with Gasteiger partial charge < -0.3 is 5.32 Å². The molecule has 2 unspecified atom stereocenters. The molecule has 0 amide bonds. The van der Waals surface area contributed by atoms with Crippen molar-refractivity contribution < 1.29 is 0 Å². The number of halogens is 2. The molecule has 0 spiro atoms. The van der Waals surface area contributed by atoms with Gasteiger partial charge in [-0.1, -0.05) is 37.3 Å². The zero-order chi connectivity index (χ0) is 14.1. The van der Waals surface area contributed by atoms with Crippen molar-refractivity contribution in [1.82, 2.24) is 0 Å². The van der Waals surface area contributed by atoms with Crippen LogP contribution in [0.3, 0.4) is 0 Å². The molecule has 0 saturated carbocycles. The minimum atomic E-state index is 0.386. The molecule has 1 aliphatic rings. The van der Waals surface area contributed by atoms with E-state index in [1.807, 2.05) is 6.07 Å². The van der Waals surface area contributed by atoms with Crippen LogP contribution >= 0.6 is 31.9 Å². The van der Waals surface area contributed by atoms with Gasteiger partial charge in [-0.15, -0.1) is 0 Å². The molecule has 0 fully saturated rings. The molecule has 0 bridgehead atoms. The number of rotatable bonds is 2. The van der Waals surface area contributed by atoms with Crippen LogP contribution < -0.4 is 5.32 Å². The fourth-order valence-corrected chi connectivity index (χ4v) is 4.19. The minimum Gasteiger partial charge on any atom is -0.376 e. The van der Waals surface area contributed by atoms with Crippen LogP contribution in [0.5, 0.6) is 0 Å². The number of hydrogen-bond donors (Lipinski definition) is 1. The van der Waals surface area contributed by atoms with Gasteiger partial charge >= 0.3 is 0 Å². The molecule has 1 N–H and O–H groups in total. The third-order valence-electron chi connectivity index (χ3n) is 4.07. The minimum absolute atomic E-state index is 0.386. The number of hydrogen-bond acceptors (Lipinski definition) is 1. The molecule has 0 aliphatic heterocycles. The van der Waals surface area contributed by atoms with Gasteiger partial charge in [-0.3, -0.25) is 0 Å². The smallest absolute Gasteiger partial charge is 0.0633 e. The van der Waals surface area contributed by atoms with E-state index < -0.39 is 0 Å². The van der Waals surface area contributed by atoms with E-state index >= 15 is 0 Å². The maximum Gasteiger partial charge on any atom is 0.0633 e. The van der Waals surface area contributed by atoms with E-state index in [4.69, 9.17) is 0 Å². The van der Waals surface area contributed by atoms with Crippen LogP contribution in [0.2, 0.25) is 0 Å². The molecular weight excluding hydrogens is 378 g/mol. The zero-order valence-electron chi connectivity index (χ0n) is 11.4. The molecule has 0 saturated heterocycles. The summed E-state index contributed by atoms with van der Waals surface area (Å²) in [4.78, 5) is 0. The molecule has 20 heavy (non-hydrogen) atoms. The van der Waals surface area contributed by atoms with E-state index in [0.29, 0.717) is 12.0 Å². The Kier molecular flexibility index (Phi) is 4.18. The average Bonchev–Trinajstić information content (AvgIpc) is 2.46. The van der Waals surface area contributed by atoms with E-state index in [2.05, 4.69) is 80.5 Å². The Hall–Kier alpha value is -0.800. The average molecular weight is 395 g/mol. The largest absolute Gasteiger partial charge is 0.376 e. The normalized spacial score (nSPS) is 21.4. The summed E-state index contributed by atoms with van der Waals surface area (Å²) in [5.41, 5.74) is 4.06. The Labute approximate surface area is 137 Å². The van der Waals surface area contributed by atoms with E-state index in [1.165, 1.54) is 24.0 Å². The molecule has 3 heteroatoms. The highest BCUT2D eigenvalue weighted by atomic mass is 79.9. The predicted octanol–water partition coefficient (Wildman–Crippen LogP) is 6.26. The van der Waals surface area contributed by atoms with E-state index in [0.717, 1.165) is 14.6 Å². The first-order valence-electron chi connectivity index (χ1n) is 6.96. The maximum atomic E-state index is 3.70. The summed E-state index contributed by atoms with van der Waals surface area (Å²) in [6, 6.07) is 15.4. The van der Waals surface area contributed by atoms with Crippen molar-refractivity contribution in [2.45, 2.75) is 31.7 Å². The van der Waals surface area contributed by atoms with Crippen molar-refractivity contribution in [3.8, 4) is 0 Å². The predicted molar refractivity (Wildman–Crippen MR) is 92.3 cm³/mol. The van der Waals surface area contributed by atoms with E-state index in [1.54, 1.807) is 0 Å². The highest BCUT2D eigenvalue weighted by molar-refractivity contribution is 9.11. The molecule has 1 nitrogen and oxygen atoms in total. The van der Waals surface area contributed by atoms with Gasteiger partial charge in [0.25, 0.3) is 0 Å². The van der Waals surface area contributed by atoms with Crippen LogP contribution in [0.1, 0.15) is 42.9 Å². The lowest BCUT2D eigenvalue weighted by Crippen LogP contribution is -2.19. The van der Waals surface area contributed by atoms with Gasteiger partial charge in [-0.05, 0) is 73.9 Å². The summed E-state index contributed by atoms with van der Waals surface area (Å²) < 4.78 is 2.20. The van der Waals surface area contributed by atoms with Gasteiger partial charge in [0.05, 0.1) is 11.7 Å². The Balaban J connectivity index is 1.95. The Morgan fingerprint density at radius 3 is 2.25 bits per heavy atom. The first-order valence-corrected chi connectivity index (χ1v) is 8.55. The Morgan fingerprint density at radius 1 is 0.900 bits per heavy atom. The Morgan fingerprint density at radius 2 is 1.55 bits per heavy atom. The lowest BCUT2D eigenvalue weighted by Gasteiger charge is -2.31. The third-order valence-corrected chi connectivity index (χ3v) is 5.39. The third kappa shape index (κ3) is 2.66. The second-order valence-electron chi connectivity index (χ2n) is 5.40. The second kappa shape index (κ2) is 5.90. The lowest BCUT2D eigenvalue weighted by atomic mass is 9.81. The SMILES string of the molecule is CC1CCC(Nc2c(Br)cccc2Br)c2ccccc21. The molecule has 0 radical (unpaired) electrons. The Bertz CT molecular complexity index is 604. The topological polar surface area (TPSA) is 12.0 Å². The van der Waals surface area contributed by atoms with Crippen LogP contribution in [0.25, 0.3) is 0 Å². The van der Waals surface area contributed by atoms with Crippen molar-refractivity contribution in [2.24, 2.45) is 0 Å². The van der Waals surface area contributed by atoms with E-state index in [-0.39, 0.29) is 0 Å². The van der Waals surface area contributed by atoms with Gasteiger partial charge in [0.2, 0.25) is 0 Å². The first kappa shape index (κ1) is 14.2. The molecule has 3 rings (SSSR count). The molecule has 2 aromatic rings. The van der Waals surface area contributed by atoms with E-state index in [9.17, 15) is 0 Å². The number of anilines is 1. The highest BCUT2D eigenvalue weighted by Gasteiger charge is 2.25. The quantitative estimate of drug-likeness (QED) is 0.633. The number of para-hydroxylation sites is 1. The summed E-state index contributed by atoms with van der Waals surface area (Å²) >= 11 is 7.27. The van der Waals surface area contributed by atoms with Crippen molar-refractivity contribution >= 4 is 37.5 Å². The zero-order valence-corrected chi connectivity index (χ0v) is 14.5. The molecule has 1 aliphatic carbocycles. The van der Waals surface area contributed by atoms with Crippen LogP contribution in [0.4, 0.5) is 5.69 Å². The number of fused-ring (bicyclic) bond motifs is 1. The molecule has 104 valence electrons. The second-order valence-corrected chi connectivity index (χ2v) is 7.11. The molecule has 0 heterocycles. The van der Waals surface area contributed by atoms with Crippen LogP contribution in [0.15, 0.2) is 51.4 Å². The highest BCUT2D eigenvalue weighted by Crippen LogP contribution is 2.41. The van der Waals surface area contributed by atoms with Gasteiger partial charge in [0.15, 0.2) is 0 Å². The van der Waals surface area contributed by atoms with Crippen LogP contribution in [-0.4, -0.2) is 0 Å². The summed E-state index contributed by atoms with van der Waals surface area (Å²) in [5.74, 6) is 0.659. The summed E-state index contributed by atoms with van der Waals surface area (Å²) in [7, 11) is 0. The van der Waals surface area contributed by atoms with Crippen molar-refractivity contribution in [3.63, 3.8) is 0 Å². The van der Waals surface area contributed by atoms with Crippen LogP contribution in [-0.2, 0) is 0 Å². The standard InChI is InChI=1S/C17H17Br2N/c1-11-9-10-16(13-6-3-2-5-12(11)13)20-17-14(18)7-4-8-15(17)19/h2-8,11,16,20H,9-10H2,1H3. The van der Waals surface area contributed by atoms with Crippen molar-refractivity contribution in [1.29, 1.82) is 0 Å². The summed E-state index contributed by atoms with van der Waals surface area (Å²) in [5, 5.41) is 3.70. The van der Waals surface area contributed by atoms with Gasteiger partial charge in [0.1, 0.15) is 0 Å². The fourth-order valence-electron chi connectivity index (χ4n) is 2.96.